The molecular formula is C24H19N3O6. The number of hydrogen-bond donors (Lipinski definition) is 4. The van der Waals surface area contributed by atoms with Crippen molar-refractivity contribution in [2.24, 2.45) is 0 Å². The number of nitrogens with zero attached hydrogens (tertiary/aromatic N) is 1. The van der Waals surface area contributed by atoms with Gasteiger partial charge in [0.2, 0.25) is 5.91 Å². The van der Waals surface area contributed by atoms with Crippen molar-refractivity contribution in [3.05, 3.63) is 70.9 Å². The molecule has 3 aromatic rings. The first kappa shape index (κ1) is 21.8. The van der Waals surface area contributed by atoms with Crippen LogP contribution in [0, 0.1) is 11.8 Å². The van der Waals surface area contributed by atoms with Crippen molar-refractivity contribution >= 4 is 34.6 Å². The van der Waals surface area contributed by atoms with Gasteiger partial charge in [0.05, 0.1) is 11.1 Å². The van der Waals surface area contributed by atoms with Gasteiger partial charge in [-0.1, -0.05) is 30.0 Å². The van der Waals surface area contributed by atoms with Crippen LogP contribution in [-0.2, 0) is 16.0 Å². The van der Waals surface area contributed by atoms with E-state index in [2.05, 4.69) is 16.8 Å². The summed E-state index contributed by atoms with van der Waals surface area (Å²) in [6, 6.07) is 10.3. The molecule has 2 aromatic carbocycles. The summed E-state index contributed by atoms with van der Waals surface area (Å²) in [5.41, 5.74) is 4.00. The number of carboxylic acids is 1. The highest BCUT2D eigenvalue weighted by atomic mass is 16.5. The number of carbonyl (C=O) groups excluding carboxylic acids is 3. The zero-order valence-corrected chi connectivity index (χ0v) is 17.3. The number of rotatable bonds is 6. The summed E-state index contributed by atoms with van der Waals surface area (Å²) in [7, 11) is 0. The van der Waals surface area contributed by atoms with Crippen LogP contribution in [0.25, 0.3) is 10.9 Å². The lowest BCUT2D eigenvalue weighted by Crippen LogP contribution is -2.46. The minimum Gasteiger partial charge on any atom is -0.480 e. The van der Waals surface area contributed by atoms with Crippen LogP contribution in [0.3, 0.4) is 0 Å². The Bertz CT molecular complexity index is 1310. The first-order chi connectivity index (χ1) is 15.9. The van der Waals surface area contributed by atoms with Crippen LogP contribution in [-0.4, -0.2) is 49.9 Å². The number of aromatic amines is 1. The molecule has 1 atom stereocenters. The van der Waals surface area contributed by atoms with Crippen LogP contribution in [0.2, 0.25) is 0 Å². The van der Waals surface area contributed by atoms with Gasteiger partial charge in [-0.25, -0.2) is 10.3 Å². The van der Waals surface area contributed by atoms with Gasteiger partial charge in [-0.15, -0.1) is 0 Å². The third kappa shape index (κ3) is 4.20. The molecule has 1 aromatic heterocycles. The number of aromatic nitrogens is 1. The molecule has 4 N–H and O–H groups in total. The predicted octanol–water partition coefficient (Wildman–Crippen LogP) is 2.10. The number of amides is 3. The topological polar surface area (TPSA) is 140 Å². The highest BCUT2D eigenvalue weighted by Gasteiger charge is 2.42. The molecule has 0 fully saturated rings. The van der Waals surface area contributed by atoms with Crippen molar-refractivity contribution in [2.45, 2.75) is 25.3 Å². The number of carbonyl (C=O) groups is 4. The lowest BCUT2D eigenvalue weighted by molar-refractivity contribution is -0.141. The second-order valence-corrected chi connectivity index (χ2v) is 7.50. The number of imide groups is 1. The Balaban J connectivity index is 1.56. The zero-order chi connectivity index (χ0) is 23.5. The first-order valence-electron chi connectivity index (χ1n) is 10.1. The van der Waals surface area contributed by atoms with Crippen LogP contribution in [0.4, 0.5) is 0 Å². The molecule has 0 spiro atoms. The Morgan fingerprint density at radius 1 is 1.09 bits per heavy atom. The van der Waals surface area contributed by atoms with Crippen LogP contribution in [0.15, 0.2) is 48.7 Å². The third-order valence-electron chi connectivity index (χ3n) is 5.44. The van der Waals surface area contributed by atoms with Crippen LogP contribution >= 0.6 is 0 Å². The fourth-order valence-corrected chi connectivity index (χ4v) is 3.82. The van der Waals surface area contributed by atoms with E-state index in [-0.39, 0.29) is 30.4 Å². The quantitative estimate of drug-likeness (QED) is 0.198. The fourth-order valence-electron chi connectivity index (χ4n) is 3.82. The molecular weight excluding hydrogens is 426 g/mol. The van der Waals surface area contributed by atoms with E-state index in [1.807, 2.05) is 0 Å². The van der Waals surface area contributed by atoms with Gasteiger partial charge in [-0.2, -0.15) is 0 Å². The van der Waals surface area contributed by atoms with Gasteiger partial charge in [-0.3, -0.25) is 24.5 Å². The van der Waals surface area contributed by atoms with Crippen molar-refractivity contribution in [1.29, 1.82) is 0 Å². The average molecular weight is 445 g/mol. The van der Waals surface area contributed by atoms with E-state index in [4.69, 9.17) is 5.21 Å². The number of H-pyrrole nitrogens is 1. The summed E-state index contributed by atoms with van der Waals surface area (Å²) in [5, 5.41) is 19.1. The first-order valence-corrected chi connectivity index (χ1v) is 10.1. The van der Waals surface area contributed by atoms with Gasteiger partial charge in [-0.05, 0) is 29.8 Å². The molecule has 0 aliphatic carbocycles. The number of hydrogen-bond acceptors (Lipinski definition) is 5. The van der Waals surface area contributed by atoms with E-state index < -0.39 is 29.7 Å². The molecule has 33 heavy (non-hydrogen) atoms. The number of fused-ring (bicyclic) bond motifs is 2. The molecule has 0 radical (unpaired) electrons. The van der Waals surface area contributed by atoms with Crippen LogP contribution in [0.1, 0.15) is 44.7 Å². The highest BCUT2D eigenvalue weighted by molar-refractivity contribution is 6.22. The summed E-state index contributed by atoms with van der Waals surface area (Å²) in [5.74, 6) is 2.76. The van der Waals surface area contributed by atoms with Crippen molar-refractivity contribution < 1.29 is 29.5 Å². The summed E-state index contributed by atoms with van der Waals surface area (Å²) < 4.78 is 0. The van der Waals surface area contributed by atoms with E-state index in [0.29, 0.717) is 11.1 Å². The number of benzene rings is 2. The van der Waals surface area contributed by atoms with Crippen LogP contribution < -0.4 is 5.48 Å². The molecule has 0 saturated heterocycles. The molecule has 1 aliphatic rings. The maximum absolute atomic E-state index is 12.8. The summed E-state index contributed by atoms with van der Waals surface area (Å²) in [4.78, 5) is 52.5. The third-order valence-corrected chi connectivity index (χ3v) is 5.44. The van der Waals surface area contributed by atoms with Gasteiger partial charge in [0.1, 0.15) is 6.04 Å². The molecule has 9 nitrogen and oxygen atoms in total. The van der Waals surface area contributed by atoms with Gasteiger partial charge in [0, 0.05) is 41.9 Å². The standard InChI is InChI=1S/C24H19N3O6/c28-21(26-33)8-4-1-5-14-9-10-16-15(13-25-19(16)11-14)12-20(24(31)32)27-22(29)17-6-2-3-7-18(17)23(27)30/h2-3,6-7,9-11,13,20,25,33H,4,8,12H2,(H,26,28)(H,31,32)/t20-/m0/s1. The molecule has 1 aliphatic heterocycles. The van der Waals surface area contributed by atoms with E-state index in [9.17, 15) is 24.3 Å². The van der Waals surface area contributed by atoms with E-state index >= 15 is 0 Å². The molecule has 0 bridgehead atoms. The SMILES string of the molecule is O=C(CCC#Cc1ccc2c(C[C@@H](C(=O)O)N3C(=O)c4ccccc4C3=O)c[nH]c2c1)NO. The fraction of sp³-hybridized carbons (Fsp3) is 0.167. The van der Waals surface area contributed by atoms with E-state index in [1.54, 1.807) is 42.0 Å². The molecule has 9 heteroatoms. The van der Waals surface area contributed by atoms with Crippen molar-refractivity contribution in [1.82, 2.24) is 15.4 Å². The second-order valence-electron chi connectivity index (χ2n) is 7.50. The Morgan fingerprint density at radius 2 is 1.79 bits per heavy atom. The summed E-state index contributed by atoms with van der Waals surface area (Å²) >= 11 is 0. The molecule has 4 rings (SSSR count). The zero-order valence-electron chi connectivity index (χ0n) is 17.3. The summed E-state index contributed by atoms with van der Waals surface area (Å²) in [6.07, 6.45) is 1.96. The molecule has 2 heterocycles. The number of carboxylic acid groups (broad SMARTS) is 1. The maximum atomic E-state index is 12.8. The number of nitrogens with one attached hydrogen (secondary N) is 2. The lowest BCUT2D eigenvalue weighted by Gasteiger charge is -2.22. The molecule has 3 amide bonds. The monoisotopic (exact) mass is 445 g/mol. The minimum atomic E-state index is -1.35. The van der Waals surface area contributed by atoms with Gasteiger partial charge in [0.25, 0.3) is 11.8 Å². The Hall–Kier alpha value is -4.42. The Kier molecular flexibility index (Phi) is 5.93. The van der Waals surface area contributed by atoms with Crippen molar-refractivity contribution in [2.75, 3.05) is 0 Å². The predicted molar refractivity (Wildman–Crippen MR) is 116 cm³/mol. The highest BCUT2D eigenvalue weighted by Crippen LogP contribution is 2.28. The van der Waals surface area contributed by atoms with Gasteiger partial charge >= 0.3 is 5.97 Å². The van der Waals surface area contributed by atoms with Crippen molar-refractivity contribution in [3.63, 3.8) is 0 Å². The van der Waals surface area contributed by atoms with Gasteiger partial charge < -0.3 is 10.1 Å². The number of hydroxylamine groups is 1. The summed E-state index contributed by atoms with van der Waals surface area (Å²) in [6.45, 7) is 0. The second kappa shape index (κ2) is 8.98. The lowest BCUT2D eigenvalue weighted by atomic mass is 10.0. The van der Waals surface area contributed by atoms with Gasteiger partial charge in [0.15, 0.2) is 0 Å². The Labute approximate surface area is 188 Å². The maximum Gasteiger partial charge on any atom is 0.327 e. The molecule has 166 valence electrons. The smallest absolute Gasteiger partial charge is 0.327 e. The van der Waals surface area contributed by atoms with E-state index in [1.165, 1.54) is 12.1 Å². The largest absolute Gasteiger partial charge is 0.480 e. The average Bonchev–Trinajstić information content (AvgIpc) is 3.33. The van der Waals surface area contributed by atoms with E-state index in [0.717, 1.165) is 15.8 Å². The van der Waals surface area contributed by atoms with Crippen molar-refractivity contribution in [3.8, 4) is 11.8 Å². The number of aliphatic carboxylic acids is 1. The Morgan fingerprint density at radius 3 is 2.42 bits per heavy atom. The molecule has 0 saturated carbocycles. The van der Waals surface area contributed by atoms with Crippen LogP contribution in [0.5, 0.6) is 0 Å². The minimum absolute atomic E-state index is 0.0535. The normalized spacial score (nSPS) is 13.4. The molecule has 0 unspecified atom stereocenters.